The fourth-order valence-corrected chi connectivity index (χ4v) is 1.59. The van der Waals surface area contributed by atoms with Crippen LogP contribution in [0, 0.1) is 11.8 Å². The maximum atomic E-state index is 11.5. The standard InChI is InChI=1S/C10H11NO/c12-10-7-11-6-5-8-3-1-2-4-9(8)10/h1-6,8-9,11H,7H2. The van der Waals surface area contributed by atoms with Crippen LogP contribution in [0.15, 0.2) is 36.6 Å². The summed E-state index contributed by atoms with van der Waals surface area (Å²) in [6, 6.07) is 0. The van der Waals surface area contributed by atoms with E-state index in [1.54, 1.807) is 0 Å². The summed E-state index contributed by atoms with van der Waals surface area (Å²) in [6.07, 6.45) is 11.9. The van der Waals surface area contributed by atoms with Crippen molar-refractivity contribution in [3.05, 3.63) is 36.6 Å². The highest BCUT2D eigenvalue weighted by molar-refractivity contribution is 5.86. The summed E-state index contributed by atoms with van der Waals surface area (Å²) in [5, 5.41) is 2.96. The van der Waals surface area contributed by atoms with E-state index < -0.39 is 0 Å². The smallest absolute Gasteiger partial charge is 0.159 e. The number of hydrogen-bond acceptors (Lipinski definition) is 2. The second-order valence-electron chi connectivity index (χ2n) is 3.08. The van der Waals surface area contributed by atoms with Gasteiger partial charge < -0.3 is 5.32 Å². The molecule has 0 aromatic rings. The molecule has 0 saturated carbocycles. The maximum Gasteiger partial charge on any atom is 0.159 e. The van der Waals surface area contributed by atoms with Crippen molar-refractivity contribution in [3.8, 4) is 0 Å². The molecule has 0 bridgehead atoms. The zero-order valence-electron chi connectivity index (χ0n) is 6.73. The Morgan fingerprint density at radius 1 is 1.25 bits per heavy atom. The normalized spacial score (nSPS) is 32.5. The highest BCUT2D eigenvalue weighted by Crippen LogP contribution is 2.22. The van der Waals surface area contributed by atoms with Crippen LogP contribution in [-0.4, -0.2) is 12.3 Å². The molecule has 2 nitrogen and oxygen atoms in total. The van der Waals surface area contributed by atoms with Crippen LogP contribution in [0.25, 0.3) is 0 Å². The zero-order chi connectivity index (χ0) is 8.39. The minimum absolute atomic E-state index is 0.0567. The first-order chi connectivity index (χ1) is 5.88. The molecule has 2 rings (SSSR count). The molecule has 2 aliphatic rings. The minimum atomic E-state index is 0.0567. The molecule has 1 aliphatic carbocycles. The minimum Gasteiger partial charge on any atom is -0.384 e. The van der Waals surface area contributed by atoms with Gasteiger partial charge in [-0.25, -0.2) is 0 Å². The van der Waals surface area contributed by atoms with E-state index >= 15 is 0 Å². The lowest BCUT2D eigenvalue weighted by Gasteiger charge is -2.17. The third-order valence-electron chi connectivity index (χ3n) is 2.26. The fraction of sp³-hybridized carbons (Fsp3) is 0.300. The van der Waals surface area contributed by atoms with Crippen molar-refractivity contribution < 1.29 is 4.79 Å². The predicted octanol–water partition coefficient (Wildman–Crippen LogP) is 1.03. The number of allylic oxidation sites excluding steroid dienone is 5. The second-order valence-corrected chi connectivity index (χ2v) is 3.08. The Morgan fingerprint density at radius 3 is 3.00 bits per heavy atom. The quantitative estimate of drug-likeness (QED) is 0.575. The lowest BCUT2D eigenvalue weighted by molar-refractivity contribution is -0.120. The van der Waals surface area contributed by atoms with Gasteiger partial charge in [0.25, 0.3) is 0 Å². The molecule has 0 aromatic carbocycles. The van der Waals surface area contributed by atoms with Crippen LogP contribution in [0.5, 0.6) is 0 Å². The van der Waals surface area contributed by atoms with Gasteiger partial charge in [0.15, 0.2) is 5.78 Å². The number of nitrogens with one attached hydrogen (secondary N) is 1. The fourth-order valence-electron chi connectivity index (χ4n) is 1.59. The first-order valence-electron chi connectivity index (χ1n) is 4.16. The lowest BCUT2D eigenvalue weighted by Crippen LogP contribution is -2.25. The third-order valence-corrected chi connectivity index (χ3v) is 2.26. The van der Waals surface area contributed by atoms with Gasteiger partial charge in [0.05, 0.1) is 6.54 Å². The Labute approximate surface area is 71.7 Å². The topological polar surface area (TPSA) is 29.1 Å². The van der Waals surface area contributed by atoms with E-state index in [1.165, 1.54) is 0 Å². The van der Waals surface area contributed by atoms with E-state index in [-0.39, 0.29) is 17.6 Å². The predicted molar refractivity (Wildman–Crippen MR) is 47.4 cm³/mol. The summed E-state index contributed by atoms with van der Waals surface area (Å²) in [6.45, 7) is 0.454. The van der Waals surface area contributed by atoms with Gasteiger partial charge in [-0.2, -0.15) is 0 Å². The SMILES string of the molecule is O=C1CNC=CC2C=CC=CC12. The summed E-state index contributed by atoms with van der Waals surface area (Å²) >= 11 is 0. The summed E-state index contributed by atoms with van der Waals surface area (Å²) in [5.74, 6) is 0.587. The summed E-state index contributed by atoms with van der Waals surface area (Å²) in [4.78, 5) is 11.5. The molecule has 2 unspecified atom stereocenters. The Morgan fingerprint density at radius 2 is 2.08 bits per heavy atom. The van der Waals surface area contributed by atoms with Crippen molar-refractivity contribution in [2.75, 3.05) is 6.54 Å². The van der Waals surface area contributed by atoms with Crippen molar-refractivity contribution in [1.29, 1.82) is 0 Å². The molecule has 2 heteroatoms. The molecule has 1 aliphatic heterocycles. The zero-order valence-corrected chi connectivity index (χ0v) is 6.73. The molecule has 12 heavy (non-hydrogen) atoms. The van der Waals surface area contributed by atoms with Gasteiger partial charge in [-0.1, -0.05) is 30.4 Å². The Kier molecular flexibility index (Phi) is 1.82. The Bertz CT molecular complexity index is 276. The number of Topliss-reactive ketones (excluding diaryl/α,β-unsaturated/α-hetero) is 1. The van der Waals surface area contributed by atoms with E-state index in [0.717, 1.165) is 0 Å². The van der Waals surface area contributed by atoms with E-state index in [2.05, 4.69) is 11.4 Å². The van der Waals surface area contributed by atoms with E-state index in [9.17, 15) is 4.79 Å². The molecule has 0 saturated heterocycles. The second kappa shape index (κ2) is 2.97. The highest BCUT2D eigenvalue weighted by Gasteiger charge is 2.24. The maximum absolute atomic E-state index is 11.5. The number of ketones is 1. The van der Waals surface area contributed by atoms with Crippen LogP contribution in [-0.2, 0) is 4.79 Å². The van der Waals surface area contributed by atoms with Crippen molar-refractivity contribution in [2.24, 2.45) is 11.8 Å². The molecular formula is C10H11NO. The number of carbonyl (C=O) groups excluding carboxylic acids is 1. The first kappa shape index (κ1) is 7.35. The van der Waals surface area contributed by atoms with Crippen LogP contribution in [0.4, 0.5) is 0 Å². The molecule has 0 aromatic heterocycles. The molecule has 1 heterocycles. The van der Waals surface area contributed by atoms with Crippen LogP contribution < -0.4 is 5.32 Å². The van der Waals surface area contributed by atoms with Crippen LogP contribution in [0.3, 0.4) is 0 Å². The number of rotatable bonds is 0. The Balaban J connectivity index is 2.27. The van der Waals surface area contributed by atoms with Gasteiger partial charge in [0, 0.05) is 11.8 Å². The average Bonchev–Trinajstić information content (AvgIpc) is 2.29. The van der Waals surface area contributed by atoms with E-state index in [0.29, 0.717) is 6.54 Å². The van der Waals surface area contributed by atoms with E-state index in [1.807, 2.05) is 30.5 Å². The molecule has 0 amide bonds. The van der Waals surface area contributed by atoms with Gasteiger partial charge in [-0.3, -0.25) is 4.79 Å². The summed E-state index contributed by atoms with van der Waals surface area (Å²) in [7, 11) is 0. The molecular weight excluding hydrogens is 150 g/mol. The number of carbonyl (C=O) groups is 1. The molecule has 0 spiro atoms. The molecule has 0 radical (unpaired) electrons. The van der Waals surface area contributed by atoms with Crippen molar-refractivity contribution in [3.63, 3.8) is 0 Å². The van der Waals surface area contributed by atoms with Crippen LogP contribution in [0.1, 0.15) is 0 Å². The Hall–Kier alpha value is -1.31. The average molecular weight is 161 g/mol. The van der Waals surface area contributed by atoms with Gasteiger partial charge in [-0.15, -0.1) is 0 Å². The highest BCUT2D eigenvalue weighted by atomic mass is 16.1. The third kappa shape index (κ3) is 1.20. The molecule has 2 atom stereocenters. The first-order valence-corrected chi connectivity index (χ1v) is 4.16. The number of fused-ring (bicyclic) bond motifs is 1. The number of hydrogen-bond donors (Lipinski definition) is 1. The van der Waals surface area contributed by atoms with Gasteiger partial charge in [0.1, 0.15) is 0 Å². The lowest BCUT2D eigenvalue weighted by atomic mass is 9.86. The summed E-state index contributed by atoms with van der Waals surface area (Å²) in [5.41, 5.74) is 0. The van der Waals surface area contributed by atoms with Gasteiger partial charge >= 0.3 is 0 Å². The van der Waals surface area contributed by atoms with Crippen molar-refractivity contribution in [2.45, 2.75) is 0 Å². The molecule has 62 valence electrons. The monoisotopic (exact) mass is 161 g/mol. The van der Waals surface area contributed by atoms with Crippen molar-refractivity contribution in [1.82, 2.24) is 5.32 Å². The largest absolute Gasteiger partial charge is 0.384 e. The molecule has 1 N–H and O–H groups in total. The van der Waals surface area contributed by atoms with E-state index in [4.69, 9.17) is 0 Å². The summed E-state index contributed by atoms with van der Waals surface area (Å²) < 4.78 is 0. The van der Waals surface area contributed by atoms with Gasteiger partial charge in [-0.05, 0) is 6.20 Å². The molecule has 0 fully saturated rings. The van der Waals surface area contributed by atoms with Crippen molar-refractivity contribution >= 4 is 5.78 Å². The van der Waals surface area contributed by atoms with Gasteiger partial charge in [0.2, 0.25) is 0 Å². The van der Waals surface area contributed by atoms with Crippen LogP contribution in [0.2, 0.25) is 0 Å². The van der Waals surface area contributed by atoms with Crippen LogP contribution >= 0.6 is 0 Å².